The van der Waals surface area contributed by atoms with Crippen LogP contribution in [0.1, 0.15) is 49.2 Å². The standard InChI is InChI=1S/C31H32N2O6S/c1-6-32-25-14-27-23(12-18(25)3)29(20-10-8-9-11-21(20)30(34)35)24-13-22-19(17-40(36,37)38)16-31(4,5)33(7-2)26(22)15-28(24)39-27/h8-16H,6-7,17H2,1-5H3,(H,34,35)(H,36,37,38). The number of fused-ring (bicyclic) bond motifs is 3. The van der Waals surface area contributed by atoms with Gasteiger partial charge in [0.05, 0.1) is 16.5 Å². The molecule has 40 heavy (non-hydrogen) atoms. The Bertz CT molecular complexity index is 1850. The van der Waals surface area contributed by atoms with E-state index >= 15 is 0 Å². The van der Waals surface area contributed by atoms with Crippen molar-refractivity contribution in [3.8, 4) is 22.5 Å². The van der Waals surface area contributed by atoms with Gasteiger partial charge < -0.3 is 14.4 Å². The van der Waals surface area contributed by atoms with E-state index < -0.39 is 27.4 Å². The van der Waals surface area contributed by atoms with Crippen molar-refractivity contribution in [2.45, 2.75) is 40.2 Å². The van der Waals surface area contributed by atoms with Gasteiger partial charge in [-0.3, -0.25) is 9.55 Å². The SMILES string of the molecule is CCN=c1cc2oc3cc4c(cc3c(-c3ccccc3C(=O)O)c-2cc1C)C(CS(=O)(=O)O)=CC(C)(C)N4CC. The van der Waals surface area contributed by atoms with Crippen LogP contribution in [-0.4, -0.2) is 48.4 Å². The lowest BCUT2D eigenvalue weighted by Gasteiger charge is -2.43. The van der Waals surface area contributed by atoms with E-state index in [0.29, 0.717) is 52.1 Å². The molecule has 208 valence electrons. The number of aromatic carboxylic acids is 1. The van der Waals surface area contributed by atoms with Gasteiger partial charge in [-0.15, -0.1) is 0 Å². The first kappa shape index (κ1) is 27.6. The minimum absolute atomic E-state index is 0.138. The first-order valence-electron chi connectivity index (χ1n) is 13.2. The monoisotopic (exact) mass is 560 g/mol. The summed E-state index contributed by atoms with van der Waals surface area (Å²) in [5.74, 6) is -1.04. The van der Waals surface area contributed by atoms with Gasteiger partial charge in [0.15, 0.2) is 0 Å². The molecule has 2 N–H and O–H groups in total. The molecule has 1 aliphatic carbocycles. The fraction of sp³-hybridized carbons (Fsp3) is 0.290. The van der Waals surface area contributed by atoms with Gasteiger partial charge in [0, 0.05) is 53.0 Å². The van der Waals surface area contributed by atoms with Crippen molar-refractivity contribution in [3.63, 3.8) is 0 Å². The molecule has 0 atom stereocenters. The average Bonchev–Trinajstić information content (AvgIpc) is 2.86. The molecular weight excluding hydrogens is 528 g/mol. The smallest absolute Gasteiger partial charge is 0.336 e. The highest BCUT2D eigenvalue weighted by Crippen LogP contribution is 2.47. The molecule has 2 aliphatic heterocycles. The van der Waals surface area contributed by atoms with Crippen LogP contribution >= 0.6 is 0 Å². The largest absolute Gasteiger partial charge is 0.478 e. The second kappa shape index (κ2) is 9.91. The van der Waals surface area contributed by atoms with Crippen LogP contribution in [0.2, 0.25) is 0 Å². The van der Waals surface area contributed by atoms with Crippen LogP contribution in [0, 0.1) is 6.92 Å². The minimum Gasteiger partial charge on any atom is -0.478 e. The van der Waals surface area contributed by atoms with Crippen molar-refractivity contribution in [3.05, 3.63) is 76.7 Å². The quantitative estimate of drug-likeness (QED) is 0.218. The molecule has 0 unspecified atom stereocenters. The zero-order chi connectivity index (χ0) is 29.0. The molecule has 3 aliphatic rings. The molecule has 0 saturated carbocycles. The molecule has 9 heteroatoms. The topological polar surface area (TPSA) is 120 Å². The summed E-state index contributed by atoms with van der Waals surface area (Å²) in [5, 5.41) is 11.5. The molecule has 8 nitrogen and oxygen atoms in total. The number of carbonyl (C=O) groups is 1. The molecule has 0 fully saturated rings. The van der Waals surface area contributed by atoms with Gasteiger partial charge in [0.2, 0.25) is 0 Å². The molecular formula is C31H32N2O6S. The summed E-state index contributed by atoms with van der Waals surface area (Å²) < 4.78 is 40.4. The summed E-state index contributed by atoms with van der Waals surface area (Å²) in [6.07, 6.45) is 1.87. The van der Waals surface area contributed by atoms with E-state index in [1.807, 2.05) is 65.0 Å². The fourth-order valence-corrected chi connectivity index (χ4v) is 6.49. The van der Waals surface area contributed by atoms with Gasteiger partial charge in [-0.25, -0.2) is 4.79 Å². The van der Waals surface area contributed by atoms with Crippen LogP contribution in [0.15, 0.2) is 64.0 Å². The maximum atomic E-state index is 12.3. The zero-order valence-corrected chi connectivity index (χ0v) is 24.0. The Kier molecular flexibility index (Phi) is 6.84. The van der Waals surface area contributed by atoms with E-state index in [4.69, 9.17) is 4.42 Å². The van der Waals surface area contributed by atoms with Crippen molar-refractivity contribution in [1.29, 1.82) is 0 Å². The highest BCUT2D eigenvalue weighted by Gasteiger charge is 2.34. The predicted octanol–water partition coefficient (Wildman–Crippen LogP) is 6.02. The first-order valence-corrected chi connectivity index (χ1v) is 14.8. The predicted molar refractivity (Wildman–Crippen MR) is 158 cm³/mol. The number of carboxylic acids is 1. The Morgan fingerprint density at radius 2 is 1.77 bits per heavy atom. The third-order valence-electron chi connectivity index (χ3n) is 7.42. The molecule has 0 bridgehead atoms. The third-order valence-corrected chi connectivity index (χ3v) is 8.10. The summed E-state index contributed by atoms with van der Waals surface area (Å²) >= 11 is 0. The van der Waals surface area contributed by atoms with E-state index in [2.05, 4.69) is 9.89 Å². The number of rotatable bonds is 6. The number of hydrogen-bond donors (Lipinski definition) is 2. The molecule has 0 amide bonds. The Hall–Kier alpha value is -3.95. The van der Waals surface area contributed by atoms with E-state index in [-0.39, 0.29) is 5.56 Å². The molecule has 2 aromatic carbocycles. The number of carboxylic acid groups (broad SMARTS) is 1. The van der Waals surface area contributed by atoms with Gasteiger partial charge in [-0.05, 0) is 69.5 Å². The number of anilines is 1. The molecule has 0 aromatic heterocycles. The molecule has 0 radical (unpaired) electrons. The maximum Gasteiger partial charge on any atom is 0.336 e. The van der Waals surface area contributed by atoms with Crippen molar-refractivity contribution in [2.75, 3.05) is 23.7 Å². The number of likely N-dealkylation sites (N-methyl/N-ethyl adjacent to an activating group) is 1. The Morgan fingerprint density at radius 3 is 2.42 bits per heavy atom. The molecule has 2 aromatic rings. The van der Waals surface area contributed by atoms with Gasteiger partial charge >= 0.3 is 5.97 Å². The van der Waals surface area contributed by atoms with Crippen molar-refractivity contribution in [2.24, 2.45) is 4.99 Å². The fourth-order valence-electron chi connectivity index (χ4n) is 5.85. The van der Waals surface area contributed by atoms with Crippen molar-refractivity contribution >= 4 is 38.3 Å². The van der Waals surface area contributed by atoms with E-state index in [1.54, 1.807) is 24.3 Å². The van der Waals surface area contributed by atoms with Crippen LogP contribution < -0.4 is 10.3 Å². The van der Waals surface area contributed by atoms with Crippen LogP contribution in [0.3, 0.4) is 0 Å². The number of nitrogens with zero attached hydrogens (tertiary/aromatic N) is 2. The number of aryl methyl sites for hydroxylation is 1. The van der Waals surface area contributed by atoms with Gasteiger partial charge in [-0.2, -0.15) is 8.42 Å². The first-order chi connectivity index (χ1) is 18.8. The second-order valence-electron chi connectivity index (χ2n) is 10.6. The normalized spacial score (nSPS) is 15.4. The summed E-state index contributed by atoms with van der Waals surface area (Å²) in [6, 6.07) is 14.4. The Morgan fingerprint density at radius 1 is 1.05 bits per heavy atom. The highest BCUT2D eigenvalue weighted by atomic mass is 32.2. The second-order valence-corrected chi connectivity index (χ2v) is 12.0. The summed E-state index contributed by atoms with van der Waals surface area (Å²) in [7, 11) is -4.32. The lowest BCUT2D eigenvalue weighted by Crippen LogP contribution is -2.45. The average molecular weight is 561 g/mol. The van der Waals surface area contributed by atoms with Crippen LogP contribution in [0.25, 0.3) is 39.0 Å². The summed E-state index contributed by atoms with van der Waals surface area (Å²) in [5.41, 5.74) is 4.84. The summed E-state index contributed by atoms with van der Waals surface area (Å²) in [6.45, 7) is 11.1. The van der Waals surface area contributed by atoms with Gasteiger partial charge in [0.1, 0.15) is 17.1 Å². The van der Waals surface area contributed by atoms with Crippen molar-refractivity contribution < 1.29 is 27.3 Å². The molecule has 0 spiro atoms. The summed E-state index contributed by atoms with van der Waals surface area (Å²) in [4.78, 5) is 19.1. The number of benzene rings is 3. The third kappa shape index (κ3) is 4.80. The Balaban J connectivity index is 1.98. The van der Waals surface area contributed by atoms with E-state index in [0.717, 1.165) is 22.2 Å². The lowest BCUT2D eigenvalue weighted by molar-refractivity contribution is 0.0697. The van der Waals surface area contributed by atoms with Crippen LogP contribution in [-0.2, 0) is 10.1 Å². The Labute approximate surface area is 233 Å². The van der Waals surface area contributed by atoms with E-state index in [9.17, 15) is 22.9 Å². The van der Waals surface area contributed by atoms with Crippen LogP contribution in [0.4, 0.5) is 5.69 Å². The van der Waals surface area contributed by atoms with Gasteiger partial charge in [-0.1, -0.05) is 24.3 Å². The van der Waals surface area contributed by atoms with Crippen molar-refractivity contribution in [1.82, 2.24) is 0 Å². The minimum atomic E-state index is -4.32. The highest BCUT2D eigenvalue weighted by molar-refractivity contribution is 7.86. The van der Waals surface area contributed by atoms with Gasteiger partial charge in [0.25, 0.3) is 10.1 Å². The lowest BCUT2D eigenvalue weighted by atomic mass is 9.85. The number of hydrogen-bond acceptors (Lipinski definition) is 6. The molecule has 2 heterocycles. The zero-order valence-electron chi connectivity index (χ0n) is 23.1. The van der Waals surface area contributed by atoms with Crippen LogP contribution in [0.5, 0.6) is 0 Å². The molecule has 5 rings (SSSR count). The molecule has 0 saturated heterocycles. The maximum absolute atomic E-state index is 12.3. The van der Waals surface area contributed by atoms with E-state index in [1.165, 1.54) is 0 Å².